The van der Waals surface area contributed by atoms with Gasteiger partial charge in [-0.25, -0.2) is 9.78 Å². The summed E-state index contributed by atoms with van der Waals surface area (Å²) in [6.07, 6.45) is 1.63. The Bertz CT molecular complexity index is 1440. The number of likely N-dealkylation sites (tertiary alicyclic amines) is 1. The summed E-state index contributed by atoms with van der Waals surface area (Å²) in [6, 6.07) is 21.1. The summed E-state index contributed by atoms with van der Waals surface area (Å²) < 4.78 is 0. The predicted octanol–water partition coefficient (Wildman–Crippen LogP) is 4.17. The topological polar surface area (TPSA) is 111 Å². The zero-order chi connectivity index (χ0) is 26.9. The minimum absolute atomic E-state index is 0.0827. The molecule has 6 rings (SSSR count). The van der Waals surface area contributed by atoms with Crippen molar-refractivity contribution in [1.29, 1.82) is 0 Å². The number of rotatable bonds is 5. The SMILES string of the molecule is CN(c1ccccc1)c1cc(/C=C2/SC(=O)NC2=O)nc(N2CC3CN(C(=O)Nc4ccccc4)CC3C2)n1. The molecule has 0 saturated carbocycles. The van der Waals surface area contributed by atoms with Crippen LogP contribution >= 0.6 is 11.8 Å². The molecular formula is C28H27N7O3S. The van der Waals surface area contributed by atoms with Crippen molar-refractivity contribution in [2.24, 2.45) is 11.8 Å². The third kappa shape index (κ3) is 5.30. The maximum atomic E-state index is 12.8. The van der Waals surface area contributed by atoms with Gasteiger partial charge in [0.1, 0.15) is 5.82 Å². The molecule has 198 valence electrons. The van der Waals surface area contributed by atoms with Gasteiger partial charge in [-0.05, 0) is 42.1 Å². The number of imide groups is 1. The third-order valence-corrected chi connectivity index (χ3v) is 8.02. The van der Waals surface area contributed by atoms with Crippen molar-refractivity contribution >= 4 is 58.2 Å². The summed E-state index contributed by atoms with van der Waals surface area (Å²) in [5.74, 6) is 1.43. The molecule has 2 N–H and O–H groups in total. The molecule has 0 spiro atoms. The number of urea groups is 1. The van der Waals surface area contributed by atoms with Gasteiger partial charge in [-0.3, -0.25) is 14.9 Å². The van der Waals surface area contributed by atoms with Gasteiger partial charge >= 0.3 is 6.03 Å². The van der Waals surface area contributed by atoms with Gasteiger partial charge in [-0.1, -0.05) is 36.4 Å². The van der Waals surface area contributed by atoms with Gasteiger partial charge in [-0.15, -0.1) is 0 Å². The number of nitrogens with one attached hydrogen (secondary N) is 2. The number of fused-ring (bicyclic) bond motifs is 1. The standard InChI is InChI=1S/C28H27N7O3S/c1-33(22-10-6-3-7-11-22)24-13-21(12-23-25(36)32-28(38)39-23)29-26(31-24)34-14-18-16-35(17-19(18)15-34)27(37)30-20-8-4-2-5-9-20/h2-13,18-19H,14-17H2,1H3,(H,30,37)(H,32,36,38)/b23-12+. The van der Waals surface area contributed by atoms with Crippen LogP contribution in [0.1, 0.15) is 5.69 Å². The number of aromatic nitrogens is 2. The van der Waals surface area contributed by atoms with E-state index in [2.05, 4.69) is 15.5 Å². The van der Waals surface area contributed by atoms with Gasteiger partial charge < -0.3 is 20.0 Å². The fourth-order valence-electron chi connectivity index (χ4n) is 5.21. The van der Waals surface area contributed by atoms with Crippen LogP contribution in [0.15, 0.2) is 71.6 Å². The van der Waals surface area contributed by atoms with Crippen molar-refractivity contribution in [2.75, 3.05) is 48.3 Å². The molecule has 3 aromatic rings. The zero-order valence-corrected chi connectivity index (χ0v) is 22.1. The molecule has 3 fully saturated rings. The Hall–Kier alpha value is -4.38. The second-order valence-electron chi connectivity index (χ2n) is 9.82. The quantitative estimate of drug-likeness (QED) is 0.463. The van der Waals surface area contributed by atoms with Crippen LogP contribution in [0.4, 0.5) is 32.7 Å². The number of benzene rings is 2. The monoisotopic (exact) mass is 541 g/mol. The van der Waals surface area contributed by atoms with E-state index in [-0.39, 0.29) is 6.03 Å². The Morgan fingerprint density at radius 2 is 1.67 bits per heavy atom. The minimum atomic E-state index is -0.423. The largest absolute Gasteiger partial charge is 0.340 e. The summed E-state index contributed by atoms with van der Waals surface area (Å²) in [4.78, 5) is 52.6. The summed E-state index contributed by atoms with van der Waals surface area (Å²) in [5.41, 5.74) is 2.29. The second kappa shape index (κ2) is 10.4. The van der Waals surface area contributed by atoms with Crippen LogP contribution in [-0.2, 0) is 4.79 Å². The van der Waals surface area contributed by atoms with Crippen molar-refractivity contribution in [3.8, 4) is 0 Å². The number of amides is 4. The molecule has 2 aromatic carbocycles. The molecule has 4 amide bonds. The molecule has 3 saturated heterocycles. The van der Waals surface area contributed by atoms with E-state index in [1.807, 2.05) is 83.6 Å². The summed E-state index contributed by atoms with van der Waals surface area (Å²) in [6.45, 7) is 2.78. The van der Waals surface area contributed by atoms with Crippen molar-refractivity contribution in [1.82, 2.24) is 20.2 Å². The van der Waals surface area contributed by atoms with Gasteiger partial charge in [0.25, 0.3) is 11.1 Å². The Morgan fingerprint density at radius 3 is 2.31 bits per heavy atom. The first-order chi connectivity index (χ1) is 18.9. The predicted molar refractivity (Wildman–Crippen MR) is 152 cm³/mol. The lowest BCUT2D eigenvalue weighted by molar-refractivity contribution is -0.115. The van der Waals surface area contributed by atoms with Gasteiger partial charge in [0.05, 0.1) is 10.6 Å². The van der Waals surface area contributed by atoms with Crippen molar-refractivity contribution in [3.63, 3.8) is 0 Å². The highest BCUT2D eigenvalue weighted by Gasteiger charge is 2.42. The fraction of sp³-hybridized carbons (Fsp3) is 0.250. The molecule has 4 heterocycles. The van der Waals surface area contributed by atoms with E-state index < -0.39 is 11.1 Å². The van der Waals surface area contributed by atoms with Gasteiger partial charge in [0, 0.05) is 62.5 Å². The number of hydrogen-bond donors (Lipinski definition) is 2. The van der Waals surface area contributed by atoms with Crippen LogP contribution in [0, 0.1) is 11.8 Å². The molecule has 0 aliphatic carbocycles. The lowest BCUT2D eigenvalue weighted by Gasteiger charge is -2.24. The average molecular weight is 542 g/mol. The molecule has 39 heavy (non-hydrogen) atoms. The minimum Gasteiger partial charge on any atom is -0.340 e. The molecule has 1 aromatic heterocycles. The first-order valence-electron chi connectivity index (χ1n) is 12.7. The molecule has 0 bridgehead atoms. The second-order valence-corrected chi connectivity index (χ2v) is 10.8. The highest BCUT2D eigenvalue weighted by Crippen LogP contribution is 2.35. The van der Waals surface area contributed by atoms with E-state index in [0.717, 1.165) is 36.2 Å². The smallest absolute Gasteiger partial charge is 0.321 e. The molecule has 10 nitrogen and oxygen atoms in total. The Labute approximate surface area is 230 Å². The zero-order valence-electron chi connectivity index (χ0n) is 21.3. The van der Waals surface area contributed by atoms with E-state index in [4.69, 9.17) is 9.97 Å². The van der Waals surface area contributed by atoms with Crippen LogP contribution in [0.2, 0.25) is 0 Å². The van der Waals surface area contributed by atoms with Crippen LogP contribution < -0.4 is 20.4 Å². The molecule has 11 heteroatoms. The lowest BCUT2D eigenvalue weighted by Crippen LogP contribution is -2.36. The number of para-hydroxylation sites is 2. The molecular weight excluding hydrogens is 514 g/mol. The first kappa shape index (κ1) is 24.9. The van der Waals surface area contributed by atoms with Crippen molar-refractivity contribution in [3.05, 3.63) is 77.3 Å². The van der Waals surface area contributed by atoms with E-state index in [0.29, 0.717) is 47.3 Å². The summed E-state index contributed by atoms with van der Waals surface area (Å²) in [7, 11) is 1.93. The van der Waals surface area contributed by atoms with Crippen LogP contribution in [0.5, 0.6) is 0 Å². The van der Waals surface area contributed by atoms with Crippen molar-refractivity contribution < 1.29 is 14.4 Å². The van der Waals surface area contributed by atoms with Gasteiger partial charge in [-0.2, -0.15) is 4.98 Å². The number of nitrogens with zero attached hydrogens (tertiary/aromatic N) is 5. The van der Waals surface area contributed by atoms with Crippen LogP contribution in [-0.4, -0.2) is 65.3 Å². The third-order valence-electron chi connectivity index (χ3n) is 7.21. The molecule has 0 radical (unpaired) electrons. The highest BCUT2D eigenvalue weighted by atomic mass is 32.2. The molecule has 3 aliphatic heterocycles. The van der Waals surface area contributed by atoms with E-state index in [9.17, 15) is 14.4 Å². The number of anilines is 4. The molecule has 3 aliphatic rings. The average Bonchev–Trinajstić information content (AvgIpc) is 3.62. The maximum Gasteiger partial charge on any atom is 0.321 e. The molecule has 2 unspecified atom stereocenters. The number of thioether (sulfide) groups is 1. The Balaban J connectivity index is 1.22. The highest BCUT2D eigenvalue weighted by molar-refractivity contribution is 8.18. The van der Waals surface area contributed by atoms with E-state index in [1.54, 1.807) is 6.08 Å². The van der Waals surface area contributed by atoms with Crippen LogP contribution in [0.3, 0.4) is 0 Å². The van der Waals surface area contributed by atoms with Crippen molar-refractivity contribution in [2.45, 2.75) is 0 Å². The molecule has 2 atom stereocenters. The first-order valence-corrected chi connectivity index (χ1v) is 13.5. The number of carbonyl (C=O) groups is 3. The maximum absolute atomic E-state index is 12.8. The van der Waals surface area contributed by atoms with Gasteiger partial charge in [0.2, 0.25) is 5.95 Å². The Morgan fingerprint density at radius 1 is 1.00 bits per heavy atom. The lowest BCUT2D eigenvalue weighted by atomic mass is 10.0. The van der Waals surface area contributed by atoms with E-state index >= 15 is 0 Å². The summed E-state index contributed by atoms with van der Waals surface area (Å²) >= 11 is 0.865. The number of hydrogen-bond acceptors (Lipinski definition) is 8. The normalized spacial score (nSPS) is 21.3. The van der Waals surface area contributed by atoms with Gasteiger partial charge in [0.15, 0.2) is 0 Å². The fourth-order valence-corrected chi connectivity index (χ4v) is 5.88. The summed E-state index contributed by atoms with van der Waals surface area (Å²) in [5, 5.41) is 4.88. The number of carbonyl (C=O) groups excluding carboxylic acids is 3. The van der Waals surface area contributed by atoms with E-state index in [1.165, 1.54) is 0 Å². The Kier molecular flexibility index (Phi) is 6.65. The van der Waals surface area contributed by atoms with Crippen LogP contribution in [0.25, 0.3) is 6.08 Å².